The molecule has 0 saturated heterocycles. The Hall–Kier alpha value is -0.840. The van der Waals surface area contributed by atoms with Gasteiger partial charge in [0.15, 0.2) is 0 Å². The summed E-state index contributed by atoms with van der Waals surface area (Å²) in [5, 5.41) is 4.61. The fourth-order valence-electron chi connectivity index (χ4n) is 2.26. The molecule has 1 aromatic heterocycles. The van der Waals surface area contributed by atoms with E-state index in [2.05, 4.69) is 42.8 Å². The molecule has 1 aliphatic carbocycles. The molecule has 1 heterocycles. The molecule has 1 N–H and O–H groups in total. The fraction of sp³-hybridized carbons (Fsp3) is 0.438. The van der Waals surface area contributed by atoms with Crippen molar-refractivity contribution in [2.45, 2.75) is 37.1 Å². The van der Waals surface area contributed by atoms with Crippen LogP contribution in [0.15, 0.2) is 29.2 Å². The summed E-state index contributed by atoms with van der Waals surface area (Å²) in [6.07, 6.45) is 4.74. The lowest BCUT2D eigenvalue weighted by atomic mass is 10.2. The molecule has 4 heteroatoms. The van der Waals surface area contributed by atoms with E-state index in [1.165, 1.54) is 38.9 Å². The fourth-order valence-corrected chi connectivity index (χ4v) is 3.79. The average molecular weight is 304 g/mol. The minimum Gasteiger partial charge on any atom is -0.312 e. The first kappa shape index (κ1) is 14.1. The highest BCUT2D eigenvalue weighted by Crippen LogP contribution is 2.44. The van der Waals surface area contributed by atoms with Crippen LogP contribution < -0.4 is 5.32 Å². The molecule has 1 aromatic carbocycles. The van der Waals surface area contributed by atoms with Gasteiger partial charge in [-0.2, -0.15) is 0 Å². The Kier molecular flexibility index (Phi) is 4.44. The Morgan fingerprint density at radius 3 is 2.65 bits per heavy atom. The lowest BCUT2D eigenvalue weighted by Gasteiger charge is -2.00. The Morgan fingerprint density at radius 2 is 2.05 bits per heavy atom. The minimum atomic E-state index is 0.721. The van der Waals surface area contributed by atoms with Crippen molar-refractivity contribution in [2.24, 2.45) is 0 Å². The second kappa shape index (κ2) is 6.29. The van der Waals surface area contributed by atoms with Gasteiger partial charge in [0.2, 0.25) is 0 Å². The average Bonchev–Trinajstić information content (AvgIpc) is 3.25. The van der Waals surface area contributed by atoms with Crippen LogP contribution >= 0.6 is 23.1 Å². The van der Waals surface area contributed by atoms with Gasteiger partial charge < -0.3 is 5.32 Å². The zero-order valence-electron chi connectivity index (χ0n) is 12.0. The third-order valence-corrected chi connectivity index (χ3v) is 5.43. The number of benzene rings is 1. The van der Waals surface area contributed by atoms with Gasteiger partial charge in [-0.1, -0.05) is 19.1 Å². The van der Waals surface area contributed by atoms with Gasteiger partial charge in [-0.25, -0.2) is 4.98 Å². The molecule has 0 atom stereocenters. The van der Waals surface area contributed by atoms with E-state index in [9.17, 15) is 0 Å². The second-order valence-electron chi connectivity index (χ2n) is 5.11. The van der Waals surface area contributed by atoms with Crippen molar-refractivity contribution >= 4 is 23.1 Å². The van der Waals surface area contributed by atoms with Crippen LogP contribution in [0.25, 0.3) is 10.6 Å². The smallest absolute Gasteiger partial charge is 0.123 e. The van der Waals surface area contributed by atoms with Gasteiger partial charge in [0.05, 0.1) is 5.69 Å². The molecule has 1 saturated carbocycles. The molecule has 0 spiro atoms. The highest BCUT2D eigenvalue weighted by molar-refractivity contribution is 7.98. The molecule has 3 rings (SSSR count). The molecule has 20 heavy (non-hydrogen) atoms. The number of hydrogen-bond acceptors (Lipinski definition) is 4. The van der Waals surface area contributed by atoms with Crippen LogP contribution in [-0.4, -0.2) is 17.8 Å². The molecule has 0 unspecified atom stereocenters. The molecule has 1 aliphatic rings. The topological polar surface area (TPSA) is 24.9 Å². The number of nitrogens with zero attached hydrogens (tertiary/aromatic N) is 1. The SMILES string of the molecule is CCNCc1sc(-c2ccc(SC)cc2)nc1C1CC1. The third kappa shape index (κ3) is 3.08. The highest BCUT2D eigenvalue weighted by Gasteiger charge is 2.29. The summed E-state index contributed by atoms with van der Waals surface area (Å²) in [5.41, 5.74) is 2.59. The van der Waals surface area contributed by atoms with Crippen LogP contribution in [0, 0.1) is 0 Å². The first-order valence-electron chi connectivity index (χ1n) is 7.16. The van der Waals surface area contributed by atoms with E-state index in [1.807, 2.05) is 11.3 Å². The van der Waals surface area contributed by atoms with Gasteiger partial charge in [0.1, 0.15) is 5.01 Å². The van der Waals surface area contributed by atoms with Crippen molar-refractivity contribution in [2.75, 3.05) is 12.8 Å². The van der Waals surface area contributed by atoms with Crippen molar-refractivity contribution in [1.82, 2.24) is 10.3 Å². The van der Waals surface area contributed by atoms with E-state index in [4.69, 9.17) is 4.98 Å². The van der Waals surface area contributed by atoms with Crippen molar-refractivity contribution in [3.8, 4) is 10.6 Å². The molecule has 0 radical (unpaired) electrons. The maximum absolute atomic E-state index is 4.92. The molecule has 0 aliphatic heterocycles. The van der Waals surface area contributed by atoms with E-state index in [1.54, 1.807) is 11.8 Å². The van der Waals surface area contributed by atoms with Gasteiger partial charge in [-0.15, -0.1) is 23.1 Å². The van der Waals surface area contributed by atoms with Crippen molar-refractivity contribution < 1.29 is 0 Å². The maximum atomic E-state index is 4.92. The molecule has 106 valence electrons. The first-order chi connectivity index (χ1) is 9.81. The van der Waals surface area contributed by atoms with Crippen LogP contribution in [-0.2, 0) is 6.54 Å². The lowest BCUT2D eigenvalue weighted by molar-refractivity contribution is 0.727. The van der Waals surface area contributed by atoms with Crippen LogP contribution in [0.1, 0.15) is 36.3 Å². The zero-order valence-corrected chi connectivity index (χ0v) is 13.6. The minimum absolute atomic E-state index is 0.721. The molecule has 2 nitrogen and oxygen atoms in total. The number of thiazole rings is 1. The van der Waals surface area contributed by atoms with Gasteiger partial charge in [0.25, 0.3) is 0 Å². The Bertz CT molecular complexity index is 571. The lowest BCUT2D eigenvalue weighted by Crippen LogP contribution is -2.11. The van der Waals surface area contributed by atoms with E-state index in [-0.39, 0.29) is 0 Å². The second-order valence-corrected chi connectivity index (χ2v) is 7.07. The number of rotatable bonds is 6. The highest BCUT2D eigenvalue weighted by atomic mass is 32.2. The normalized spacial score (nSPS) is 14.7. The predicted octanol–water partition coefficient (Wildman–Crippen LogP) is 4.52. The summed E-state index contributed by atoms with van der Waals surface area (Å²) in [6.45, 7) is 4.13. The van der Waals surface area contributed by atoms with Crippen molar-refractivity contribution in [1.29, 1.82) is 0 Å². The Balaban J connectivity index is 1.88. The van der Waals surface area contributed by atoms with Gasteiger partial charge in [-0.05, 0) is 37.8 Å². The van der Waals surface area contributed by atoms with Crippen molar-refractivity contribution in [3.63, 3.8) is 0 Å². The monoisotopic (exact) mass is 304 g/mol. The summed E-state index contributed by atoms with van der Waals surface area (Å²) < 4.78 is 0. The van der Waals surface area contributed by atoms with E-state index >= 15 is 0 Å². The van der Waals surface area contributed by atoms with Crippen LogP contribution in [0.2, 0.25) is 0 Å². The summed E-state index contributed by atoms with van der Waals surface area (Å²) in [5.74, 6) is 0.721. The molecular weight excluding hydrogens is 284 g/mol. The van der Waals surface area contributed by atoms with E-state index < -0.39 is 0 Å². The van der Waals surface area contributed by atoms with Crippen LogP contribution in [0.4, 0.5) is 0 Å². The van der Waals surface area contributed by atoms with E-state index in [0.717, 1.165) is 19.0 Å². The number of thioether (sulfide) groups is 1. The number of nitrogens with one attached hydrogen (secondary N) is 1. The Labute approximate surface area is 129 Å². The number of aromatic nitrogens is 1. The van der Waals surface area contributed by atoms with Gasteiger partial charge >= 0.3 is 0 Å². The van der Waals surface area contributed by atoms with E-state index in [0.29, 0.717) is 0 Å². The summed E-state index contributed by atoms with van der Waals surface area (Å²) in [6, 6.07) is 8.75. The van der Waals surface area contributed by atoms with Gasteiger partial charge in [-0.3, -0.25) is 0 Å². The van der Waals surface area contributed by atoms with Crippen LogP contribution in [0.3, 0.4) is 0 Å². The third-order valence-electron chi connectivity index (χ3n) is 3.56. The predicted molar refractivity (Wildman–Crippen MR) is 88.7 cm³/mol. The quantitative estimate of drug-likeness (QED) is 0.794. The van der Waals surface area contributed by atoms with Gasteiger partial charge in [0, 0.05) is 27.8 Å². The summed E-state index contributed by atoms with van der Waals surface area (Å²) in [7, 11) is 0. The molecule has 1 fully saturated rings. The summed E-state index contributed by atoms with van der Waals surface area (Å²) >= 11 is 3.63. The van der Waals surface area contributed by atoms with Crippen LogP contribution in [0.5, 0.6) is 0 Å². The largest absolute Gasteiger partial charge is 0.312 e. The maximum Gasteiger partial charge on any atom is 0.123 e. The standard InChI is InChI=1S/C16H20N2S2/c1-3-17-10-14-15(11-4-5-11)18-16(20-14)12-6-8-13(19-2)9-7-12/h6-9,11,17H,3-5,10H2,1-2H3. The Morgan fingerprint density at radius 1 is 1.30 bits per heavy atom. The summed E-state index contributed by atoms with van der Waals surface area (Å²) in [4.78, 5) is 7.66. The number of hydrogen-bond donors (Lipinski definition) is 1. The zero-order chi connectivity index (χ0) is 13.9. The first-order valence-corrected chi connectivity index (χ1v) is 9.20. The molecular formula is C16H20N2S2. The molecule has 2 aromatic rings. The molecule has 0 amide bonds. The van der Waals surface area contributed by atoms with Crippen molar-refractivity contribution in [3.05, 3.63) is 34.8 Å². The molecule has 0 bridgehead atoms.